The van der Waals surface area contributed by atoms with Gasteiger partial charge < -0.3 is 15.2 Å². The van der Waals surface area contributed by atoms with Crippen LogP contribution in [0.25, 0.3) is 5.57 Å². The first-order valence-corrected chi connectivity index (χ1v) is 14.1. The molecule has 12 heteroatoms. The van der Waals surface area contributed by atoms with Gasteiger partial charge in [0.05, 0.1) is 18.7 Å². The Morgan fingerprint density at radius 1 is 1.16 bits per heavy atom. The first kappa shape index (κ1) is 32.5. The molecular weight excluding hydrogens is 578 g/mol. The number of aryl methyl sites for hydroxylation is 1. The largest absolute Gasteiger partial charge is 0.496 e. The van der Waals surface area contributed by atoms with E-state index in [2.05, 4.69) is 13.8 Å². The van der Waals surface area contributed by atoms with Gasteiger partial charge in [0.1, 0.15) is 11.9 Å². The molecule has 0 bridgehead atoms. The predicted octanol–water partition coefficient (Wildman–Crippen LogP) is 7.28. The number of ether oxygens (including phenoxy) is 2. The number of primary amides is 1. The molecule has 1 fully saturated rings. The monoisotopic (exact) mass is 614 g/mol. The van der Waals surface area contributed by atoms with Gasteiger partial charge in [-0.25, -0.2) is 4.79 Å². The third-order valence-corrected chi connectivity index (χ3v) is 8.51. The summed E-state index contributed by atoms with van der Waals surface area (Å²) < 4.78 is 92.4. The average Bonchev–Trinajstić information content (AvgIpc) is 3.18. The molecule has 1 saturated heterocycles. The molecule has 43 heavy (non-hydrogen) atoms. The van der Waals surface area contributed by atoms with Gasteiger partial charge in [-0.3, -0.25) is 9.69 Å². The second-order valence-corrected chi connectivity index (χ2v) is 12.3. The highest BCUT2D eigenvalue weighted by molar-refractivity contribution is 5.77. The number of cyclic esters (lactones) is 1. The summed E-state index contributed by atoms with van der Waals surface area (Å²) in [7, 11) is 1.54. The third kappa shape index (κ3) is 7.38. The molecule has 0 saturated carbocycles. The minimum Gasteiger partial charge on any atom is -0.496 e. The quantitative estimate of drug-likeness (QED) is 0.312. The lowest BCUT2D eigenvalue weighted by Crippen LogP contribution is -2.40. The van der Waals surface area contributed by atoms with Gasteiger partial charge in [0.25, 0.3) is 0 Å². The summed E-state index contributed by atoms with van der Waals surface area (Å²) in [5.41, 5.74) is 6.01. The van der Waals surface area contributed by atoms with E-state index in [9.17, 15) is 35.9 Å². The minimum absolute atomic E-state index is 0.0917. The van der Waals surface area contributed by atoms with Crippen LogP contribution in [0.1, 0.15) is 64.0 Å². The molecule has 3 atom stereocenters. The van der Waals surface area contributed by atoms with E-state index in [1.165, 1.54) is 12.0 Å². The number of halogens is 6. The van der Waals surface area contributed by atoms with Crippen molar-refractivity contribution in [1.29, 1.82) is 0 Å². The van der Waals surface area contributed by atoms with Crippen molar-refractivity contribution in [3.05, 3.63) is 58.2 Å². The van der Waals surface area contributed by atoms with Crippen molar-refractivity contribution in [3.63, 3.8) is 0 Å². The zero-order chi connectivity index (χ0) is 31.9. The van der Waals surface area contributed by atoms with Crippen LogP contribution >= 0.6 is 0 Å². The molecule has 6 nitrogen and oxygen atoms in total. The van der Waals surface area contributed by atoms with Crippen molar-refractivity contribution in [2.45, 2.75) is 83.8 Å². The number of hydrogen-bond donors (Lipinski definition) is 1. The van der Waals surface area contributed by atoms with Gasteiger partial charge in [-0.15, -0.1) is 0 Å². The molecule has 1 aromatic carbocycles. The lowest BCUT2D eigenvalue weighted by Gasteiger charge is -2.36. The molecular formula is C31H36F6N2O4. The lowest BCUT2D eigenvalue weighted by molar-refractivity contribution is -0.118. The highest BCUT2D eigenvalue weighted by atomic mass is 19.4. The molecule has 1 aromatic rings. The van der Waals surface area contributed by atoms with Gasteiger partial charge in [0.15, 0.2) is 0 Å². The van der Waals surface area contributed by atoms with Crippen molar-refractivity contribution in [2.75, 3.05) is 13.7 Å². The second-order valence-electron chi connectivity index (χ2n) is 12.3. The van der Waals surface area contributed by atoms with Crippen molar-refractivity contribution in [1.82, 2.24) is 4.90 Å². The molecule has 2 amide bonds. The van der Waals surface area contributed by atoms with Crippen LogP contribution in [0.2, 0.25) is 0 Å². The molecule has 2 N–H and O–H groups in total. The Kier molecular flexibility index (Phi) is 9.00. The molecule has 0 spiro atoms. The fraction of sp³-hybridized carbons (Fsp3) is 0.548. The molecule has 1 unspecified atom stereocenters. The Labute approximate surface area is 246 Å². The standard InChI is InChI=1S/C31H36F6N2O4/c1-17-27(19-12-21(30(32,33)34)14-22(13-19)31(35,36)37)43-28(41)39(17)16-20-15-29(2,3)10-9-23(20)24-11-18(6-8-26(38)40)5-7-25(24)42-4/h5,7,11-12,14,17,19,27H,6,8-10,13,15-16H2,1-4H3,(H2,38,40)/t17-,19?,27-/m0/s1. The first-order valence-electron chi connectivity index (χ1n) is 14.1. The van der Waals surface area contributed by atoms with Crippen LogP contribution in [0.3, 0.4) is 0 Å². The van der Waals surface area contributed by atoms with Gasteiger partial charge >= 0.3 is 18.4 Å². The Morgan fingerprint density at radius 2 is 1.86 bits per heavy atom. The van der Waals surface area contributed by atoms with E-state index in [0.717, 1.165) is 34.8 Å². The van der Waals surface area contributed by atoms with Crippen LogP contribution < -0.4 is 10.5 Å². The summed E-state index contributed by atoms with van der Waals surface area (Å²) in [6.07, 6.45) is -9.11. The van der Waals surface area contributed by atoms with E-state index in [-0.39, 0.29) is 24.5 Å². The van der Waals surface area contributed by atoms with Crippen LogP contribution in [0.15, 0.2) is 47.1 Å². The van der Waals surface area contributed by atoms with Crippen LogP contribution in [-0.4, -0.2) is 55.1 Å². The molecule has 236 valence electrons. The molecule has 0 aromatic heterocycles. The van der Waals surface area contributed by atoms with E-state index in [1.54, 1.807) is 13.0 Å². The number of rotatable bonds is 8. The summed E-state index contributed by atoms with van der Waals surface area (Å²) in [6, 6.07) is 4.79. The highest BCUT2D eigenvalue weighted by Gasteiger charge is 2.49. The number of nitrogens with two attached hydrogens (primary N) is 1. The number of hydrogen-bond acceptors (Lipinski definition) is 4. The highest BCUT2D eigenvalue weighted by Crippen LogP contribution is 2.47. The van der Waals surface area contributed by atoms with E-state index in [0.29, 0.717) is 25.0 Å². The molecule has 0 radical (unpaired) electrons. The fourth-order valence-corrected chi connectivity index (χ4v) is 6.21. The van der Waals surface area contributed by atoms with E-state index in [4.69, 9.17) is 15.2 Å². The number of alkyl halides is 6. The van der Waals surface area contributed by atoms with Crippen molar-refractivity contribution in [2.24, 2.45) is 17.1 Å². The topological polar surface area (TPSA) is 81.9 Å². The normalized spacial score (nSPS) is 24.5. The number of amides is 2. The Bertz CT molecular complexity index is 1360. The average molecular weight is 615 g/mol. The Hall–Kier alpha value is -3.44. The minimum atomic E-state index is -4.99. The van der Waals surface area contributed by atoms with Crippen molar-refractivity contribution < 1.29 is 45.4 Å². The first-order chi connectivity index (χ1) is 19.9. The second kappa shape index (κ2) is 11.9. The van der Waals surface area contributed by atoms with Crippen LogP contribution in [0.5, 0.6) is 5.75 Å². The van der Waals surface area contributed by atoms with Gasteiger partial charge in [-0.2, -0.15) is 26.3 Å². The van der Waals surface area contributed by atoms with Gasteiger partial charge in [0, 0.05) is 30.0 Å². The maximum atomic E-state index is 13.6. The molecule has 1 heterocycles. The number of carbonyl (C=O) groups excluding carboxylic acids is 2. The third-order valence-electron chi connectivity index (χ3n) is 8.51. The maximum Gasteiger partial charge on any atom is 0.416 e. The summed E-state index contributed by atoms with van der Waals surface area (Å²) in [5, 5.41) is 0. The van der Waals surface area contributed by atoms with E-state index < -0.39 is 60.0 Å². The SMILES string of the molecule is COc1ccc(CCC(N)=O)cc1C1=C(CN2C(=O)O[C@H](C3C=C(C(F)(F)F)C=C(C(F)(F)F)C3)[C@@H]2C)CC(C)(C)CC1. The summed E-state index contributed by atoms with van der Waals surface area (Å²) >= 11 is 0. The van der Waals surface area contributed by atoms with Crippen LogP contribution in [0, 0.1) is 11.3 Å². The maximum absolute atomic E-state index is 13.6. The van der Waals surface area contributed by atoms with Gasteiger partial charge in [-0.1, -0.05) is 26.0 Å². The van der Waals surface area contributed by atoms with Crippen LogP contribution in [0.4, 0.5) is 31.1 Å². The summed E-state index contributed by atoms with van der Waals surface area (Å²) in [5.74, 6) is -1.13. The summed E-state index contributed by atoms with van der Waals surface area (Å²) in [4.78, 5) is 25.9. The van der Waals surface area contributed by atoms with E-state index in [1.807, 2.05) is 12.1 Å². The smallest absolute Gasteiger partial charge is 0.416 e. The number of nitrogens with zero attached hydrogens (tertiary/aromatic N) is 1. The van der Waals surface area contributed by atoms with E-state index >= 15 is 0 Å². The number of benzene rings is 1. The molecule has 4 rings (SSSR count). The van der Waals surface area contributed by atoms with Gasteiger partial charge in [-0.05, 0) is 79.4 Å². The zero-order valence-corrected chi connectivity index (χ0v) is 24.5. The molecule has 2 aliphatic carbocycles. The van der Waals surface area contributed by atoms with Crippen molar-refractivity contribution >= 4 is 17.6 Å². The van der Waals surface area contributed by atoms with Crippen LogP contribution in [-0.2, 0) is 16.0 Å². The number of allylic oxidation sites excluding steroid dienone is 4. The lowest BCUT2D eigenvalue weighted by atomic mass is 9.72. The number of methoxy groups -OCH3 is 1. The fourth-order valence-electron chi connectivity index (χ4n) is 6.21. The Morgan fingerprint density at radius 3 is 2.47 bits per heavy atom. The molecule has 1 aliphatic heterocycles. The number of carbonyl (C=O) groups is 2. The predicted molar refractivity (Wildman–Crippen MR) is 148 cm³/mol. The molecule has 3 aliphatic rings. The van der Waals surface area contributed by atoms with Crippen molar-refractivity contribution in [3.8, 4) is 5.75 Å². The Balaban J connectivity index is 1.68. The zero-order valence-electron chi connectivity index (χ0n) is 24.5. The van der Waals surface area contributed by atoms with Gasteiger partial charge in [0.2, 0.25) is 5.91 Å². The summed E-state index contributed by atoms with van der Waals surface area (Å²) in [6.45, 7) is 5.86.